The van der Waals surface area contributed by atoms with Gasteiger partial charge in [-0.05, 0) is 43.8 Å². The van der Waals surface area contributed by atoms with Gasteiger partial charge in [0.25, 0.3) is 11.7 Å². The minimum atomic E-state index is -0.629. The number of carbonyl (C=O) groups is 2. The SMILES string of the molecule is CCN(CC)CCCN1C(=O)C(=O)/C(=C(/O)c2ccccc2)C1c1ccc(N(C)C)cc1. The number of benzene rings is 2. The van der Waals surface area contributed by atoms with Crippen molar-refractivity contribution in [3.8, 4) is 0 Å². The van der Waals surface area contributed by atoms with Crippen LogP contribution in [0.1, 0.15) is 37.4 Å². The number of hydrogen-bond acceptors (Lipinski definition) is 5. The molecule has 0 bridgehead atoms. The summed E-state index contributed by atoms with van der Waals surface area (Å²) in [5.74, 6) is -1.31. The third-order valence-electron chi connectivity index (χ3n) is 6.08. The number of rotatable bonds is 9. The number of nitrogens with zero attached hydrogens (tertiary/aromatic N) is 3. The van der Waals surface area contributed by atoms with Crippen LogP contribution in [0.15, 0.2) is 60.2 Å². The smallest absolute Gasteiger partial charge is 0.295 e. The van der Waals surface area contributed by atoms with Gasteiger partial charge in [-0.3, -0.25) is 9.59 Å². The first-order valence-corrected chi connectivity index (χ1v) is 11.2. The van der Waals surface area contributed by atoms with Crippen LogP contribution in [-0.4, -0.2) is 66.9 Å². The Balaban J connectivity index is 2.01. The summed E-state index contributed by atoms with van der Waals surface area (Å²) in [6, 6.07) is 16.1. The molecule has 2 aromatic carbocycles. The highest BCUT2D eigenvalue weighted by Gasteiger charge is 2.45. The van der Waals surface area contributed by atoms with Gasteiger partial charge in [0.2, 0.25) is 0 Å². The second kappa shape index (κ2) is 10.5. The van der Waals surface area contributed by atoms with Crippen molar-refractivity contribution in [2.75, 3.05) is 45.2 Å². The van der Waals surface area contributed by atoms with Gasteiger partial charge in [0, 0.05) is 31.9 Å². The molecule has 32 heavy (non-hydrogen) atoms. The third-order valence-corrected chi connectivity index (χ3v) is 6.08. The Morgan fingerprint density at radius 1 is 0.969 bits per heavy atom. The summed E-state index contributed by atoms with van der Waals surface area (Å²) in [6.45, 7) is 7.41. The minimum absolute atomic E-state index is 0.128. The molecule has 1 heterocycles. The van der Waals surface area contributed by atoms with Crippen LogP contribution in [0.5, 0.6) is 0 Å². The van der Waals surface area contributed by atoms with Gasteiger partial charge in [-0.25, -0.2) is 0 Å². The Labute approximate surface area is 190 Å². The minimum Gasteiger partial charge on any atom is -0.507 e. The van der Waals surface area contributed by atoms with E-state index in [1.807, 2.05) is 49.3 Å². The lowest BCUT2D eigenvalue weighted by Gasteiger charge is -2.27. The zero-order chi connectivity index (χ0) is 23.3. The molecule has 1 amide bonds. The van der Waals surface area contributed by atoms with E-state index in [2.05, 4.69) is 18.7 Å². The van der Waals surface area contributed by atoms with Crippen LogP contribution in [0, 0.1) is 0 Å². The lowest BCUT2D eigenvalue weighted by molar-refractivity contribution is -0.140. The molecule has 1 atom stereocenters. The Morgan fingerprint density at radius 3 is 2.16 bits per heavy atom. The Morgan fingerprint density at radius 2 is 1.59 bits per heavy atom. The number of likely N-dealkylation sites (tertiary alicyclic amines) is 1. The van der Waals surface area contributed by atoms with Gasteiger partial charge in [0.1, 0.15) is 5.76 Å². The topological polar surface area (TPSA) is 64.1 Å². The van der Waals surface area contributed by atoms with Crippen molar-refractivity contribution in [1.29, 1.82) is 0 Å². The molecule has 1 fully saturated rings. The molecule has 6 nitrogen and oxygen atoms in total. The van der Waals surface area contributed by atoms with Crippen molar-refractivity contribution < 1.29 is 14.7 Å². The largest absolute Gasteiger partial charge is 0.507 e. The first kappa shape index (κ1) is 23.5. The van der Waals surface area contributed by atoms with Crippen LogP contribution >= 0.6 is 0 Å². The van der Waals surface area contributed by atoms with Crippen molar-refractivity contribution in [1.82, 2.24) is 9.80 Å². The number of ketones is 1. The van der Waals surface area contributed by atoms with E-state index in [1.165, 1.54) is 0 Å². The van der Waals surface area contributed by atoms with Crippen LogP contribution < -0.4 is 4.90 Å². The first-order chi connectivity index (χ1) is 15.4. The summed E-state index contributed by atoms with van der Waals surface area (Å²) < 4.78 is 0. The molecule has 1 N–H and O–H groups in total. The summed E-state index contributed by atoms with van der Waals surface area (Å²) in [6.07, 6.45) is 0.756. The van der Waals surface area contributed by atoms with Gasteiger partial charge < -0.3 is 19.8 Å². The van der Waals surface area contributed by atoms with Gasteiger partial charge in [-0.1, -0.05) is 56.3 Å². The highest BCUT2D eigenvalue weighted by atomic mass is 16.3. The monoisotopic (exact) mass is 435 g/mol. The zero-order valence-electron chi connectivity index (χ0n) is 19.4. The Hall–Kier alpha value is -3.12. The number of carbonyl (C=O) groups excluding carboxylic acids is 2. The normalized spacial score (nSPS) is 17.9. The lowest BCUT2D eigenvalue weighted by atomic mass is 9.95. The molecule has 1 unspecified atom stereocenters. The van der Waals surface area contributed by atoms with E-state index in [1.54, 1.807) is 29.2 Å². The Bertz CT molecular complexity index is 964. The summed E-state index contributed by atoms with van der Waals surface area (Å²) in [5.41, 5.74) is 2.52. The van der Waals surface area contributed by atoms with E-state index in [4.69, 9.17) is 0 Å². The van der Waals surface area contributed by atoms with Crippen LogP contribution in [-0.2, 0) is 9.59 Å². The highest BCUT2D eigenvalue weighted by molar-refractivity contribution is 6.46. The van der Waals surface area contributed by atoms with E-state index in [-0.39, 0.29) is 11.3 Å². The molecule has 0 radical (unpaired) electrons. The predicted octanol–water partition coefficient (Wildman–Crippen LogP) is 3.91. The standard InChI is InChI=1S/C26H33N3O3/c1-5-28(6-2)17-10-18-29-23(19-13-15-21(16-14-19)27(3)4)22(25(31)26(29)32)24(30)20-11-8-7-9-12-20/h7-9,11-16,23,30H,5-6,10,17-18H2,1-4H3/b24-22+. The first-order valence-electron chi connectivity index (χ1n) is 11.2. The second-order valence-corrected chi connectivity index (χ2v) is 8.22. The van der Waals surface area contributed by atoms with Gasteiger partial charge in [0.05, 0.1) is 11.6 Å². The average molecular weight is 436 g/mol. The van der Waals surface area contributed by atoms with Crippen molar-refractivity contribution in [3.63, 3.8) is 0 Å². The molecule has 2 aromatic rings. The molecular weight excluding hydrogens is 402 g/mol. The fourth-order valence-electron chi connectivity index (χ4n) is 4.17. The maximum atomic E-state index is 13.1. The van der Waals surface area contributed by atoms with E-state index in [9.17, 15) is 14.7 Å². The second-order valence-electron chi connectivity index (χ2n) is 8.22. The van der Waals surface area contributed by atoms with E-state index in [0.717, 1.165) is 37.3 Å². The third kappa shape index (κ3) is 4.86. The van der Waals surface area contributed by atoms with Crippen LogP contribution in [0.3, 0.4) is 0 Å². The molecular formula is C26H33N3O3. The molecule has 1 aliphatic heterocycles. The summed E-state index contributed by atoms with van der Waals surface area (Å²) in [7, 11) is 3.92. The molecule has 0 aromatic heterocycles. The molecule has 3 rings (SSSR count). The Kier molecular flexibility index (Phi) is 7.70. The van der Waals surface area contributed by atoms with Crippen LogP contribution in [0.2, 0.25) is 0 Å². The maximum Gasteiger partial charge on any atom is 0.295 e. The number of anilines is 1. The lowest BCUT2D eigenvalue weighted by Crippen LogP contribution is -2.33. The average Bonchev–Trinajstić information content (AvgIpc) is 3.07. The molecule has 1 saturated heterocycles. The van der Waals surface area contributed by atoms with Gasteiger partial charge in [-0.15, -0.1) is 0 Å². The fraction of sp³-hybridized carbons (Fsp3) is 0.385. The van der Waals surface area contributed by atoms with Crippen molar-refractivity contribution in [3.05, 3.63) is 71.3 Å². The zero-order valence-corrected chi connectivity index (χ0v) is 19.4. The molecule has 0 saturated carbocycles. The van der Waals surface area contributed by atoms with E-state index in [0.29, 0.717) is 12.1 Å². The fourth-order valence-corrected chi connectivity index (χ4v) is 4.17. The van der Waals surface area contributed by atoms with Crippen molar-refractivity contribution >= 4 is 23.1 Å². The van der Waals surface area contributed by atoms with E-state index < -0.39 is 17.7 Å². The van der Waals surface area contributed by atoms with E-state index >= 15 is 0 Å². The number of aliphatic hydroxyl groups is 1. The maximum absolute atomic E-state index is 13.1. The number of Topliss-reactive ketones (excluding diaryl/α,β-unsaturated/α-hetero) is 1. The van der Waals surface area contributed by atoms with Gasteiger partial charge in [0.15, 0.2) is 0 Å². The van der Waals surface area contributed by atoms with Crippen LogP contribution in [0.4, 0.5) is 5.69 Å². The van der Waals surface area contributed by atoms with Gasteiger partial charge >= 0.3 is 0 Å². The van der Waals surface area contributed by atoms with Crippen molar-refractivity contribution in [2.24, 2.45) is 0 Å². The molecule has 0 spiro atoms. The predicted molar refractivity (Wildman–Crippen MR) is 129 cm³/mol. The summed E-state index contributed by atoms with van der Waals surface area (Å²) in [5, 5.41) is 11.1. The number of amides is 1. The highest BCUT2D eigenvalue weighted by Crippen LogP contribution is 2.39. The quantitative estimate of drug-likeness (QED) is 0.368. The number of hydrogen-bond donors (Lipinski definition) is 1. The van der Waals surface area contributed by atoms with Crippen LogP contribution in [0.25, 0.3) is 5.76 Å². The van der Waals surface area contributed by atoms with Crippen molar-refractivity contribution in [2.45, 2.75) is 26.3 Å². The molecule has 170 valence electrons. The molecule has 6 heteroatoms. The summed E-state index contributed by atoms with van der Waals surface area (Å²) in [4.78, 5) is 32.0. The van der Waals surface area contributed by atoms with Gasteiger partial charge in [-0.2, -0.15) is 0 Å². The molecule has 0 aliphatic carbocycles. The number of aliphatic hydroxyl groups excluding tert-OH is 1. The summed E-state index contributed by atoms with van der Waals surface area (Å²) >= 11 is 0. The molecule has 1 aliphatic rings.